The Morgan fingerprint density at radius 3 is 2.50 bits per heavy atom. The van der Waals surface area contributed by atoms with Gasteiger partial charge in [-0.05, 0) is 30.2 Å². The van der Waals surface area contributed by atoms with Crippen molar-refractivity contribution < 1.29 is 14.3 Å². The highest BCUT2D eigenvalue weighted by molar-refractivity contribution is 5.91. The number of nitrogens with one attached hydrogen (secondary N) is 1. The van der Waals surface area contributed by atoms with E-state index in [1.54, 1.807) is 36.7 Å². The highest BCUT2D eigenvalue weighted by Gasteiger charge is 2.05. The Morgan fingerprint density at radius 1 is 1.14 bits per heavy atom. The first-order chi connectivity index (χ1) is 10.6. The summed E-state index contributed by atoms with van der Waals surface area (Å²) in [5.74, 6) is 1.57. The molecule has 0 fully saturated rings. The predicted octanol–water partition coefficient (Wildman–Crippen LogP) is 3.13. The van der Waals surface area contributed by atoms with Crippen LogP contribution in [0.5, 0.6) is 11.5 Å². The van der Waals surface area contributed by atoms with E-state index in [0.29, 0.717) is 24.0 Å². The molecule has 116 valence electrons. The highest BCUT2D eigenvalue weighted by Crippen LogP contribution is 2.20. The molecule has 5 heteroatoms. The average molecular weight is 300 g/mol. The lowest BCUT2D eigenvalue weighted by atomic mass is 10.2. The van der Waals surface area contributed by atoms with Gasteiger partial charge < -0.3 is 14.8 Å². The summed E-state index contributed by atoms with van der Waals surface area (Å²) in [6, 6.07) is 10.7. The number of rotatable bonds is 7. The van der Waals surface area contributed by atoms with E-state index in [0.717, 1.165) is 5.75 Å². The molecule has 0 bridgehead atoms. The van der Waals surface area contributed by atoms with Crippen LogP contribution in [0.4, 0.5) is 5.69 Å². The third-order valence-corrected chi connectivity index (χ3v) is 2.72. The zero-order valence-electron chi connectivity index (χ0n) is 12.8. The molecule has 22 heavy (non-hydrogen) atoms. The first-order valence-corrected chi connectivity index (χ1v) is 7.19. The number of ether oxygens (including phenoxy) is 2. The Balaban J connectivity index is 1.83. The maximum atomic E-state index is 11.8. The SMILES string of the molecule is CC(C)COc1cccc(OCC(=O)Nc2ccncc2)c1. The monoisotopic (exact) mass is 300 g/mol. The molecule has 0 atom stereocenters. The minimum Gasteiger partial charge on any atom is -0.493 e. The second kappa shape index (κ2) is 8.02. The quantitative estimate of drug-likeness (QED) is 0.853. The fourth-order valence-electron chi connectivity index (χ4n) is 1.70. The second-order valence-corrected chi connectivity index (χ2v) is 5.25. The van der Waals surface area contributed by atoms with Gasteiger partial charge in [-0.15, -0.1) is 0 Å². The van der Waals surface area contributed by atoms with E-state index >= 15 is 0 Å². The van der Waals surface area contributed by atoms with Gasteiger partial charge in [0.25, 0.3) is 5.91 Å². The van der Waals surface area contributed by atoms with Crippen molar-refractivity contribution in [3.05, 3.63) is 48.8 Å². The van der Waals surface area contributed by atoms with Crippen LogP contribution < -0.4 is 14.8 Å². The minimum atomic E-state index is -0.222. The van der Waals surface area contributed by atoms with Crippen molar-refractivity contribution in [1.82, 2.24) is 4.98 Å². The van der Waals surface area contributed by atoms with Crippen LogP contribution in [0.2, 0.25) is 0 Å². The smallest absolute Gasteiger partial charge is 0.262 e. The first-order valence-electron chi connectivity index (χ1n) is 7.19. The molecule has 1 amide bonds. The van der Waals surface area contributed by atoms with Crippen LogP contribution in [0.1, 0.15) is 13.8 Å². The van der Waals surface area contributed by atoms with Crippen LogP contribution in [-0.4, -0.2) is 24.1 Å². The molecular formula is C17H20N2O3. The van der Waals surface area contributed by atoms with Crippen molar-refractivity contribution in [2.24, 2.45) is 5.92 Å². The largest absolute Gasteiger partial charge is 0.493 e. The summed E-state index contributed by atoms with van der Waals surface area (Å²) in [7, 11) is 0. The molecule has 0 aliphatic heterocycles. The number of aromatic nitrogens is 1. The number of anilines is 1. The van der Waals surface area contributed by atoms with E-state index in [1.165, 1.54) is 0 Å². The fourth-order valence-corrected chi connectivity index (χ4v) is 1.70. The van der Waals surface area contributed by atoms with E-state index < -0.39 is 0 Å². The standard InChI is InChI=1S/C17H20N2O3/c1-13(2)11-21-15-4-3-5-16(10-15)22-12-17(20)19-14-6-8-18-9-7-14/h3-10,13H,11-12H2,1-2H3,(H,18,19,20). The molecule has 0 aliphatic rings. The zero-order valence-corrected chi connectivity index (χ0v) is 12.8. The molecule has 0 saturated carbocycles. The molecule has 0 radical (unpaired) electrons. The summed E-state index contributed by atoms with van der Waals surface area (Å²) < 4.78 is 11.1. The number of carbonyl (C=O) groups is 1. The van der Waals surface area contributed by atoms with Gasteiger partial charge in [-0.25, -0.2) is 0 Å². The number of pyridine rings is 1. The maximum absolute atomic E-state index is 11.8. The topological polar surface area (TPSA) is 60.5 Å². The van der Waals surface area contributed by atoms with Gasteiger partial charge in [0.2, 0.25) is 0 Å². The molecule has 1 aromatic heterocycles. The van der Waals surface area contributed by atoms with Crippen LogP contribution in [0.25, 0.3) is 0 Å². The summed E-state index contributed by atoms with van der Waals surface area (Å²) in [5.41, 5.74) is 0.692. The number of hydrogen-bond acceptors (Lipinski definition) is 4. The van der Waals surface area contributed by atoms with Gasteiger partial charge in [0.15, 0.2) is 6.61 Å². The van der Waals surface area contributed by atoms with E-state index in [9.17, 15) is 4.79 Å². The summed E-state index contributed by atoms with van der Waals surface area (Å²) >= 11 is 0. The van der Waals surface area contributed by atoms with Crippen LogP contribution in [0.3, 0.4) is 0 Å². The highest BCUT2D eigenvalue weighted by atomic mass is 16.5. The summed E-state index contributed by atoms with van der Waals surface area (Å²) in [6.07, 6.45) is 3.23. The molecule has 2 rings (SSSR count). The number of benzene rings is 1. The van der Waals surface area contributed by atoms with E-state index in [-0.39, 0.29) is 12.5 Å². The third kappa shape index (κ3) is 5.44. The van der Waals surface area contributed by atoms with E-state index in [1.807, 2.05) is 12.1 Å². The number of nitrogens with zero attached hydrogens (tertiary/aromatic N) is 1. The lowest BCUT2D eigenvalue weighted by molar-refractivity contribution is -0.118. The lowest BCUT2D eigenvalue weighted by Crippen LogP contribution is -2.20. The Labute approximate surface area is 130 Å². The van der Waals surface area contributed by atoms with Crippen LogP contribution in [0, 0.1) is 5.92 Å². The molecule has 5 nitrogen and oxygen atoms in total. The van der Waals surface area contributed by atoms with Gasteiger partial charge >= 0.3 is 0 Å². The Bertz CT molecular complexity index is 600. The van der Waals surface area contributed by atoms with Gasteiger partial charge in [-0.2, -0.15) is 0 Å². The van der Waals surface area contributed by atoms with Gasteiger partial charge in [0.05, 0.1) is 6.61 Å². The van der Waals surface area contributed by atoms with Crippen molar-refractivity contribution in [3.63, 3.8) is 0 Å². The molecular weight excluding hydrogens is 280 g/mol. The number of amides is 1. The van der Waals surface area contributed by atoms with Crippen LogP contribution >= 0.6 is 0 Å². The minimum absolute atomic E-state index is 0.0596. The number of hydrogen-bond donors (Lipinski definition) is 1. The van der Waals surface area contributed by atoms with Gasteiger partial charge in [0, 0.05) is 24.1 Å². The van der Waals surface area contributed by atoms with Crippen LogP contribution in [-0.2, 0) is 4.79 Å². The molecule has 1 aromatic carbocycles. The van der Waals surface area contributed by atoms with E-state index in [2.05, 4.69) is 24.1 Å². The van der Waals surface area contributed by atoms with Crippen LogP contribution in [0.15, 0.2) is 48.8 Å². The Hall–Kier alpha value is -2.56. The van der Waals surface area contributed by atoms with Crippen molar-refractivity contribution in [2.45, 2.75) is 13.8 Å². The Morgan fingerprint density at radius 2 is 1.82 bits per heavy atom. The summed E-state index contributed by atoms with van der Waals surface area (Å²) in [4.78, 5) is 15.7. The summed E-state index contributed by atoms with van der Waals surface area (Å²) in [6.45, 7) is 4.76. The second-order valence-electron chi connectivity index (χ2n) is 5.25. The molecule has 1 N–H and O–H groups in total. The normalized spacial score (nSPS) is 10.3. The molecule has 1 heterocycles. The van der Waals surface area contributed by atoms with Gasteiger partial charge in [-0.3, -0.25) is 9.78 Å². The lowest BCUT2D eigenvalue weighted by Gasteiger charge is -2.11. The summed E-state index contributed by atoms with van der Waals surface area (Å²) in [5, 5.41) is 2.73. The molecule has 0 saturated heterocycles. The molecule has 0 unspecified atom stereocenters. The molecule has 0 spiro atoms. The predicted molar refractivity (Wildman–Crippen MR) is 85.1 cm³/mol. The molecule has 0 aliphatic carbocycles. The number of carbonyl (C=O) groups excluding carboxylic acids is 1. The average Bonchev–Trinajstić information content (AvgIpc) is 2.52. The third-order valence-electron chi connectivity index (χ3n) is 2.72. The van der Waals surface area contributed by atoms with Crippen molar-refractivity contribution in [3.8, 4) is 11.5 Å². The molecule has 2 aromatic rings. The van der Waals surface area contributed by atoms with Crippen molar-refractivity contribution in [2.75, 3.05) is 18.5 Å². The van der Waals surface area contributed by atoms with E-state index in [4.69, 9.17) is 9.47 Å². The maximum Gasteiger partial charge on any atom is 0.262 e. The van der Waals surface area contributed by atoms with Gasteiger partial charge in [-0.1, -0.05) is 19.9 Å². The van der Waals surface area contributed by atoms with Gasteiger partial charge in [0.1, 0.15) is 11.5 Å². The van der Waals surface area contributed by atoms with Crippen molar-refractivity contribution >= 4 is 11.6 Å². The first kappa shape index (κ1) is 15.8. The zero-order chi connectivity index (χ0) is 15.8. The fraction of sp³-hybridized carbons (Fsp3) is 0.294. The Kier molecular flexibility index (Phi) is 5.77. The van der Waals surface area contributed by atoms with Crippen molar-refractivity contribution in [1.29, 1.82) is 0 Å².